The highest BCUT2D eigenvalue weighted by Crippen LogP contribution is 2.35. The first-order valence-corrected chi connectivity index (χ1v) is 9.50. The average Bonchev–Trinajstić information content (AvgIpc) is 3.46. The average molecular weight is 368 g/mol. The monoisotopic (exact) mass is 368 g/mol. The lowest BCUT2D eigenvalue weighted by Gasteiger charge is -2.32. The third-order valence-electron chi connectivity index (χ3n) is 5.73. The molecule has 1 aromatic rings. The van der Waals surface area contributed by atoms with Gasteiger partial charge in [0.1, 0.15) is 6.04 Å². The van der Waals surface area contributed by atoms with Crippen molar-refractivity contribution in [3.05, 3.63) is 34.9 Å². The predicted molar refractivity (Wildman–Crippen MR) is 97.6 cm³/mol. The molecule has 27 heavy (non-hydrogen) atoms. The number of nitrogens with one attached hydrogen (secondary N) is 1. The molecule has 1 saturated heterocycles. The molecule has 7 nitrogen and oxygen atoms in total. The molecule has 0 aromatic heterocycles. The number of hydrogen-bond donors (Lipinski definition) is 2. The van der Waals surface area contributed by atoms with Crippen LogP contribution in [0.4, 0.5) is 0 Å². The molecular formula is C20H24N4O3. The molecule has 142 valence electrons. The Bertz CT molecular complexity index is 806. The van der Waals surface area contributed by atoms with Gasteiger partial charge < -0.3 is 20.7 Å². The van der Waals surface area contributed by atoms with Crippen LogP contribution in [0.2, 0.25) is 0 Å². The Morgan fingerprint density at radius 3 is 2.81 bits per heavy atom. The van der Waals surface area contributed by atoms with Crippen molar-refractivity contribution in [3.63, 3.8) is 0 Å². The normalized spacial score (nSPS) is 22.1. The summed E-state index contributed by atoms with van der Waals surface area (Å²) < 4.78 is 5.27. The van der Waals surface area contributed by atoms with Crippen molar-refractivity contribution in [2.45, 2.75) is 56.3 Å². The van der Waals surface area contributed by atoms with E-state index in [0.717, 1.165) is 29.5 Å². The topological polar surface area (TPSA) is 108 Å². The summed E-state index contributed by atoms with van der Waals surface area (Å²) in [5.41, 5.74) is 7.92. The number of benzene rings is 1. The molecule has 4 rings (SSSR count). The van der Waals surface area contributed by atoms with Crippen molar-refractivity contribution in [1.29, 1.82) is 5.26 Å². The number of hydrogen-bond acceptors (Lipinski definition) is 5. The van der Waals surface area contributed by atoms with E-state index in [1.807, 2.05) is 23.1 Å². The van der Waals surface area contributed by atoms with Crippen LogP contribution >= 0.6 is 0 Å². The van der Waals surface area contributed by atoms with Crippen LogP contribution in [0.25, 0.3) is 0 Å². The van der Waals surface area contributed by atoms with E-state index in [1.165, 1.54) is 0 Å². The summed E-state index contributed by atoms with van der Waals surface area (Å²) in [4.78, 5) is 26.9. The van der Waals surface area contributed by atoms with Crippen LogP contribution in [0.15, 0.2) is 18.2 Å². The maximum Gasteiger partial charge on any atom is 0.254 e. The molecule has 7 heteroatoms. The van der Waals surface area contributed by atoms with E-state index in [1.54, 1.807) is 0 Å². The quantitative estimate of drug-likeness (QED) is 0.801. The Balaban J connectivity index is 1.42. The first-order valence-electron chi connectivity index (χ1n) is 9.50. The molecule has 0 unspecified atom stereocenters. The lowest BCUT2D eigenvalue weighted by molar-refractivity contribution is -0.130. The summed E-state index contributed by atoms with van der Waals surface area (Å²) in [7, 11) is 0. The third kappa shape index (κ3) is 3.55. The zero-order valence-electron chi connectivity index (χ0n) is 15.2. The predicted octanol–water partition coefficient (Wildman–Crippen LogP) is 0.864. The molecule has 1 aliphatic carbocycles. The summed E-state index contributed by atoms with van der Waals surface area (Å²) in [6, 6.07) is 7.58. The second-order valence-corrected chi connectivity index (χ2v) is 7.78. The smallest absolute Gasteiger partial charge is 0.254 e. The molecule has 1 aromatic carbocycles. The highest BCUT2D eigenvalue weighted by Gasteiger charge is 2.39. The zero-order chi connectivity index (χ0) is 19.0. The first kappa shape index (κ1) is 18.0. The van der Waals surface area contributed by atoms with Gasteiger partial charge in [-0.1, -0.05) is 12.1 Å². The van der Waals surface area contributed by atoms with E-state index in [9.17, 15) is 14.9 Å². The molecule has 0 bridgehead atoms. The Morgan fingerprint density at radius 1 is 1.41 bits per heavy atom. The molecule has 1 saturated carbocycles. The summed E-state index contributed by atoms with van der Waals surface area (Å²) in [6.45, 7) is 1.55. The van der Waals surface area contributed by atoms with Gasteiger partial charge >= 0.3 is 0 Å². The van der Waals surface area contributed by atoms with Gasteiger partial charge in [-0.2, -0.15) is 5.26 Å². The molecule has 2 heterocycles. The maximum atomic E-state index is 12.5. The summed E-state index contributed by atoms with van der Waals surface area (Å²) in [6.07, 6.45) is 3.46. The van der Waals surface area contributed by atoms with E-state index in [4.69, 9.17) is 10.5 Å². The van der Waals surface area contributed by atoms with Crippen LogP contribution in [0, 0.1) is 11.3 Å². The Morgan fingerprint density at radius 2 is 2.15 bits per heavy atom. The Kier molecular flexibility index (Phi) is 4.62. The van der Waals surface area contributed by atoms with E-state index < -0.39 is 11.6 Å². The molecule has 2 amide bonds. The number of fused-ring (bicyclic) bond motifs is 1. The Labute approximate surface area is 158 Å². The standard InChI is InChI=1S/C20H24N4O3/c21-11-15(23-19(26)20(22)5-7-27-8-6-20)10-13-1-4-17-14(9-13)12-24(18(17)25)16-2-3-16/h1,4,9,15-16H,2-3,5-8,10,12,22H2,(H,23,26)/t15-/m1/s1. The molecule has 2 aliphatic heterocycles. The highest BCUT2D eigenvalue weighted by molar-refractivity contribution is 5.98. The van der Waals surface area contributed by atoms with E-state index in [0.29, 0.717) is 45.1 Å². The van der Waals surface area contributed by atoms with E-state index in [2.05, 4.69) is 11.4 Å². The third-order valence-corrected chi connectivity index (χ3v) is 5.73. The second-order valence-electron chi connectivity index (χ2n) is 7.78. The number of amides is 2. The van der Waals surface area contributed by atoms with Gasteiger partial charge in [0.25, 0.3) is 5.91 Å². The van der Waals surface area contributed by atoms with Crippen LogP contribution in [-0.4, -0.2) is 47.6 Å². The number of rotatable bonds is 5. The second kappa shape index (κ2) is 6.95. The van der Waals surface area contributed by atoms with Crippen LogP contribution in [0.3, 0.4) is 0 Å². The Hall–Kier alpha value is -2.43. The van der Waals surface area contributed by atoms with Crippen molar-refractivity contribution in [2.75, 3.05) is 13.2 Å². The fourth-order valence-electron chi connectivity index (χ4n) is 3.83. The van der Waals surface area contributed by atoms with Gasteiger partial charge in [0.2, 0.25) is 5.91 Å². The fraction of sp³-hybridized carbons (Fsp3) is 0.550. The number of nitrogens with two attached hydrogens (primary N) is 1. The summed E-state index contributed by atoms with van der Waals surface area (Å²) in [5, 5.41) is 12.3. The lowest BCUT2D eigenvalue weighted by Crippen LogP contribution is -2.58. The van der Waals surface area contributed by atoms with Crippen molar-refractivity contribution in [2.24, 2.45) is 5.73 Å². The lowest BCUT2D eigenvalue weighted by atomic mass is 9.90. The van der Waals surface area contributed by atoms with E-state index >= 15 is 0 Å². The minimum atomic E-state index is -0.970. The minimum absolute atomic E-state index is 0.105. The van der Waals surface area contributed by atoms with Gasteiger partial charge in [-0.05, 0) is 42.9 Å². The van der Waals surface area contributed by atoms with Crippen LogP contribution in [0.5, 0.6) is 0 Å². The highest BCUT2D eigenvalue weighted by atomic mass is 16.5. The minimum Gasteiger partial charge on any atom is -0.381 e. The summed E-state index contributed by atoms with van der Waals surface area (Å²) >= 11 is 0. The summed E-state index contributed by atoms with van der Waals surface area (Å²) in [5.74, 6) is -0.192. The zero-order valence-corrected chi connectivity index (χ0v) is 15.2. The first-order chi connectivity index (χ1) is 13.0. The molecular weight excluding hydrogens is 344 g/mol. The van der Waals surface area contributed by atoms with Gasteiger partial charge in [0.05, 0.1) is 11.6 Å². The van der Waals surface area contributed by atoms with Crippen LogP contribution in [0.1, 0.15) is 47.2 Å². The van der Waals surface area contributed by atoms with Gasteiger partial charge in [-0.3, -0.25) is 9.59 Å². The SMILES string of the molecule is N#C[C@@H](Cc1ccc2c(c1)CN(C1CC1)C2=O)NC(=O)C1(N)CCOCC1. The fourth-order valence-corrected chi connectivity index (χ4v) is 3.83. The molecule has 3 N–H and O–H groups in total. The van der Waals surface area contributed by atoms with Gasteiger partial charge in [-0.25, -0.2) is 0 Å². The van der Waals surface area contributed by atoms with Crippen LogP contribution in [-0.2, 0) is 22.5 Å². The number of ether oxygens (including phenoxy) is 1. The number of nitrogens with zero attached hydrogens (tertiary/aromatic N) is 2. The number of carbonyl (C=O) groups excluding carboxylic acids is 2. The molecule has 3 aliphatic rings. The molecule has 0 radical (unpaired) electrons. The maximum absolute atomic E-state index is 12.5. The number of carbonyl (C=O) groups is 2. The molecule has 2 fully saturated rings. The number of nitriles is 1. The van der Waals surface area contributed by atoms with Gasteiger partial charge in [-0.15, -0.1) is 0 Å². The van der Waals surface area contributed by atoms with Crippen molar-refractivity contribution in [1.82, 2.24) is 10.2 Å². The molecule has 0 spiro atoms. The van der Waals surface area contributed by atoms with Crippen molar-refractivity contribution < 1.29 is 14.3 Å². The van der Waals surface area contributed by atoms with E-state index in [-0.39, 0.29) is 11.8 Å². The van der Waals surface area contributed by atoms with Gasteiger partial charge in [0.15, 0.2) is 0 Å². The largest absolute Gasteiger partial charge is 0.381 e. The van der Waals surface area contributed by atoms with Crippen LogP contribution < -0.4 is 11.1 Å². The van der Waals surface area contributed by atoms with Crippen molar-refractivity contribution >= 4 is 11.8 Å². The van der Waals surface area contributed by atoms with Crippen molar-refractivity contribution in [3.8, 4) is 6.07 Å². The molecule has 1 atom stereocenters. The van der Waals surface area contributed by atoms with Gasteiger partial charge in [0, 0.05) is 37.8 Å².